The van der Waals surface area contributed by atoms with E-state index in [0.29, 0.717) is 22.3 Å². The van der Waals surface area contributed by atoms with Crippen LogP contribution in [0.5, 0.6) is 0 Å². The molecule has 2 aliphatic carbocycles. The Morgan fingerprint density at radius 2 is 1.94 bits per heavy atom. The van der Waals surface area contributed by atoms with Crippen molar-refractivity contribution in [2.45, 2.75) is 69.8 Å². The van der Waals surface area contributed by atoms with Crippen LogP contribution < -0.4 is 5.32 Å². The average molecular weight is 271 g/mol. The van der Waals surface area contributed by atoms with Crippen LogP contribution in [0.4, 0.5) is 0 Å². The molecular weight excluding hydrogens is 242 g/mol. The van der Waals surface area contributed by atoms with Crippen molar-refractivity contribution in [3.8, 4) is 0 Å². The summed E-state index contributed by atoms with van der Waals surface area (Å²) in [6.07, 6.45) is 9.53. The van der Waals surface area contributed by atoms with Gasteiger partial charge in [-0.05, 0) is 32.4 Å². The molecule has 0 aromatic carbocycles. The quantitative estimate of drug-likeness (QED) is 0.799. The fraction of sp³-hybridized carbons (Fsp3) is 1.00. The molecule has 0 radical (unpaired) electrons. The minimum atomic E-state index is 0.300. The normalized spacial score (nSPS) is 33.3. The lowest BCUT2D eigenvalue weighted by atomic mass is 9.64. The van der Waals surface area contributed by atoms with Gasteiger partial charge in [0.1, 0.15) is 0 Å². The molecule has 2 unspecified atom stereocenters. The van der Waals surface area contributed by atoms with Crippen molar-refractivity contribution in [1.82, 2.24) is 5.32 Å². The molecule has 18 heavy (non-hydrogen) atoms. The Morgan fingerprint density at radius 1 is 1.28 bits per heavy atom. The number of thioether (sulfide) groups is 1. The van der Waals surface area contributed by atoms with Crippen LogP contribution in [-0.4, -0.2) is 36.3 Å². The molecular formula is C15H29NOS. The predicted molar refractivity (Wildman–Crippen MR) is 80.3 cm³/mol. The summed E-state index contributed by atoms with van der Waals surface area (Å²) in [4.78, 5) is 0. The molecule has 1 N–H and O–H groups in total. The maximum Gasteiger partial charge on any atom is 0.0655 e. The van der Waals surface area contributed by atoms with E-state index < -0.39 is 0 Å². The predicted octanol–water partition coefficient (Wildman–Crippen LogP) is 3.46. The second-order valence-corrected chi connectivity index (χ2v) is 7.80. The summed E-state index contributed by atoms with van der Waals surface area (Å²) < 4.78 is 6.32. The zero-order valence-electron chi connectivity index (χ0n) is 12.4. The van der Waals surface area contributed by atoms with Crippen molar-refractivity contribution in [2.75, 3.05) is 19.4 Å². The summed E-state index contributed by atoms with van der Waals surface area (Å²) >= 11 is 2.07. The maximum absolute atomic E-state index is 5.80. The molecule has 0 aromatic rings. The highest BCUT2D eigenvalue weighted by Crippen LogP contribution is 2.44. The molecule has 0 heterocycles. The van der Waals surface area contributed by atoms with Gasteiger partial charge < -0.3 is 10.1 Å². The minimum Gasteiger partial charge on any atom is -0.378 e. The second kappa shape index (κ2) is 5.72. The molecule has 0 bridgehead atoms. The minimum absolute atomic E-state index is 0.300. The fourth-order valence-electron chi connectivity index (χ4n) is 3.50. The van der Waals surface area contributed by atoms with E-state index in [1.165, 1.54) is 38.6 Å². The molecule has 3 heteroatoms. The lowest BCUT2D eigenvalue weighted by Gasteiger charge is -2.52. The first-order valence-electron chi connectivity index (χ1n) is 7.44. The Hall–Kier alpha value is 0.270. The first kappa shape index (κ1) is 14.7. The van der Waals surface area contributed by atoms with Crippen molar-refractivity contribution >= 4 is 11.8 Å². The van der Waals surface area contributed by atoms with Gasteiger partial charge in [0.05, 0.1) is 6.10 Å². The van der Waals surface area contributed by atoms with E-state index in [-0.39, 0.29) is 0 Å². The molecule has 2 nitrogen and oxygen atoms in total. The smallest absolute Gasteiger partial charge is 0.0655 e. The van der Waals surface area contributed by atoms with E-state index in [2.05, 4.69) is 44.1 Å². The Kier molecular flexibility index (Phi) is 4.66. The first-order chi connectivity index (χ1) is 8.54. The van der Waals surface area contributed by atoms with E-state index in [4.69, 9.17) is 4.74 Å². The highest BCUT2D eigenvalue weighted by molar-refractivity contribution is 8.00. The van der Waals surface area contributed by atoms with Crippen molar-refractivity contribution in [2.24, 2.45) is 5.41 Å². The Morgan fingerprint density at radius 3 is 2.44 bits per heavy atom. The number of rotatable bonds is 6. The van der Waals surface area contributed by atoms with Gasteiger partial charge in [-0.2, -0.15) is 11.8 Å². The maximum atomic E-state index is 5.80. The molecule has 0 saturated heterocycles. The van der Waals surface area contributed by atoms with Gasteiger partial charge in [-0.1, -0.05) is 26.7 Å². The third-order valence-corrected chi connectivity index (χ3v) is 6.58. The highest BCUT2D eigenvalue weighted by atomic mass is 32.2. The van der Waals surface area contributed by atoms with Crippen LogP contribution in [-0.2, 0) is 4.74 Å². The summed E-state index contributed by atoms with van der Waals surface area (Å²) in [6, 6.07) is 0.638. The van der Waals surface area contributed by atoms with Crippen LogP contribution in [0.25, 0.3) is 0 Å². The Bertz CT molecular complexity index is 274. The van der Waals surface area contributed by atoms with Crippen LogP contribution in [0.1, 0.15) is 52.9 Å². The number of hydrogen-bond donors (Lipinski definition) is 1. The van der Waals surface area contributed by atoms with Crippen LogP contribution in [0.3, 0.4) is 0 Å². The molecule has 2 rings (SSSR count). The van der Waals surface area contributed by atoms with Crippen LogP contribution in [0, 0.1) is 5.41 Å². The lowest BCUT2D eigenvalue weighted by Crippen LogP contribution is -2.62. The summed E-state index contributed by atoms with van der Waals surface area (Å²) in [5.74, 6) is 0. The van der Waals surface area contributed by atoms with Crippen molar-refractivity contribution in [3.05, 3.63) is 0 Å². The fourth-order valence-corrected chi connectivity index (χ4v) is 4.42. The Balaban J connectivity index is 1.81. The van der Waals surface area contributed by atoms with Gasteiger partial charge in [0.15, 0.2) is 0 Å². The zero-order chi connectivity index (χ0) is 13.2. The Labute approximate surface area is 117 Å². The van der Waals surface area contributed by atoms with Gasteiger partial charge in [-0.25, -0.2) is 0 Å². The van der Waals surface area contributed by atoms with Gasteiger partial charge in [-0.3, -0.25) is 0 Å². The molecule has 2 atom stereocenters. The second-order valence-electron chi connectivity index (χ2n) is 6.53. The molecule has 2 saturated carbocycles. The van der Waals surface area contributed by atoms with Crippen LogP contribution in [0.15, 0.2) is 0 Å². The average Bonchev–Trinajstić information content (AvgIpc) is 2.82. The third-order valence-electron chi connectivity index (χ3n) is 5.16. The van der Waals surface area contributed by atoms with Crippen molar-refractivity contribution in [1.29, 1.82) is 0 Å². The van der Waals surface area contributed by atoms with Crippen LogP contribution in [0.2, 0.25) is 0 Å². The van der Waals surface area contributed by atoms with E-state index in [1.807, 2.05) is 0 Å². The number of hydrogen-bond acceptors (Lipinski definition) is 3. The van der Waals surface area contributed by atoms with Gasteiger partial charge in [0.25, 0.3) is 0 Å². The standard InChI is InChI=1S/C15H29NOS/c1-5-17-13-10-12(14(13,2)3)16-11-15(18-4)8-6-7-9-15/h12-13,16H,5-11H2,1-4H3. The summed E-state index contributed by atoms with van der Waals surface area (Å²) in [5, 5.41) is 3.83. The van der Waals surface area contributed by atoms with E-state index in [9.17, 15) is 0 Å². The number of nitrogens with one attached hydrogen (secondary N) is 1. The largest absolute Gasteiger partial charge is 0.378 e. The molecule has 2 fully saturated rings. The van der Waals surface area contributed by atoms with Crippen molar-refractivity contribution in [3.63, 3.8) is 0 Å². The highest BCUT2D eigenvalue weighted by Gasteiger charge is 2.49. The van der Waals surface area contributed by atoms with E-state index in [1.54, 1.807) is 0 Å². The summed E-state index contributed by atoms with van der Waals surface area (Å²) in [5.41, 5.74) is 0.300. The van der Waals surface area contributed by atoms with Gasteiger partial charge in [0, 0.05) is 29.4 Å². The van der Waals surface area contributed by atoms with Crippen LogP contribution >= 0.6 is 11.8 Å². The summed E-state index contributed by atoms with van der Waals surface area (Å²) in [7, 11) is 0. The molecule has 2 aliphatic rings. The SMILES string of the molecule is CCOC1CC(NCC2(SC)CCCC2)C1(C)C. The van der Waals surface area contributed by atoms with E-state index >= 15 is 0 Å². The lowest BCUT2D eigenvalue weighted by molar-refractivity contribution is -0.114. The number of ether oxygens (including phenoxy) is 1. The topological polar surface area (TPSA) is 21.3 Å². The molecule has 106 valence electrons. The molecule has 0 spiro atoms. The van der Waals surface area contributed by atoms with E-state index in [0.717, 1.165) is 6.61 Å². The van der Waals surface area contributed by atoms with Crippen molar-refractivity contribution < 1.29 is 4.74 Å². The molecule has 0 amide bonds. The van der Waals surface area contributed by atoms with Gasteiger partial charge in [0.2, 0.25) is 0 Å². The monoisotopic (exact) mass is 271 g/mol. The van der Waals surface area contributed by atoms with Gasteiger partial charge >= 0.3 is 0 Å². The zero-order valence-corrected chi connectivity index (χ0v) is 13.2. The molecule has 0 aromatic heterocycles. The molecule has 0 aliphatic heterocycles. The third kappa shape index (κ3) is 2.73. The first-order valence-corrected chi connectivity index (χ1v) is 8.67. The van der Waals surface area contributed by atoms with Gasteiger partial charge in [-0.15, -0.1) is 0 Å². The summed E-state index contributed by atoms with van der Waals surface area (Å²) in [6.45, 7) is 8.80.